The first-order valence-corrected chi connectivity index (χ1v) is 11.8. The average molecular weight is 446 g/mol. The molecule has 1 aliphatic heterocycles. The lowest BCUT2D eigenvalue weighted by molar-refractivity contribution is -0.128. The SMILES string of the molecule is COc1cccc(N(CC(=O)NCc2cccc(CN3CCCC3=O)c2)S(C)(=O)=O)c1. The second-order valence-corrected chi connectivity index (χ2v) is 9.39. The Kier molecular flexibility index (Phi) is 7.17. The van der Waals surface area contributed by atoms with Crippen molar-refractivity contribution in [2.24, 2.45) is 0 Å². The molecule has 0 aromatic heterocycles. The second kappa shape index (κ2) is 9.82. The average Bonchev–Trinajstić information content (AvgIpc) is 3.14. The Morgan fingerprint density at radius 1 is 1.16 bits per heavy atom. The van der Waals surface area contributed by atoms with E-state index in [0.29, 0.717) is 24.4 Å². The lowest BCUT2D eigenvalue weighted by atomic mass is 10.1. The van der Waals surface area contributed by atoms with Crippen LogP contribution in [0.5, 0.6) is 5.75 Å². The Balaban J connectivity index is 1.62. The molecule has 0 bridgehead atoms. The highest BCUT2D eigenvalue weighted by Gasteiger charge is 2.22. The van der Waals surface area contributed by atoms with Gasteiger partial charge in [-0.2, -0.15) is 0 Å². The number of carbonyl (C=O) groups excluding carboxylic acids is 2. The van der Waals surface area contributed by atoms with Gasteiger partial charge < -0.3 is 15.0 Å². The molecule has 3 rings (SSSR count). The van der Waals surface area contributed by atoms with Gasteiger partial charge in [-0.05, 0) is 29.7 Å². The summed E-state index contributed by atoms with van der Waals surface area (Å²) in [5.41, 5.74) is 2.23. The normalized spacial score (nSPS) is 13.9. The van der Waals surface area contributed by atoms with E-state index in [1.165, 1.54) is 7.11 Å². The third-order valence-electron chi connectivity index (χ3n) is 5.05. The van der Waals surface area contributed by atoms with Crippen LogP contribution in [-0.4, -0.2) is 51.6 Å². The zero-order chi connectivity index (χ0) is 22.4. The summed E-state index contributed by atoms with van der Waals surface area (Å²) in [6, 6.07) is 14.2. The number of sulfonamides is 1. The van der Waals surface area contributed by atoms with Gasteiger partial charge in [0.2, 0.25) is 21.8 Å². The largest absolute Gasteiger partial charge is 0.497 e. The summed E-state index contributed by atoms with van der Waals surface area (Å²) in [4.78, 5) is 26.2. The summed E-state index contributed by atoms with van der Waals surface area (Å²) in [7, 11) is -2.18. The maximum atomic E-state index is 12.5. The van der Waals surface area contributed by atoms with Gasteiger partial charge in [-0.15, -0.1) is 0 Å². The molecule has 166 valence electrons. The van der Waals surface area contributed by atoms with Gasteiger partial charge >= 0.3 is 0 Å². The molecule has 0 atom stereocenters. The quantitative estimate of drug-likeness (QED) is 0.636. The molecule has 8 nitrogen and oxygen atoms in total. The van der Waals surface area contributed by atoms with Gasteiger partial charge in [0.15, 0.2) is 0 Å². The summed E-state index contributed by atoms with van der Waals surface area (Å²) in [5.74, 6) is 0.241. The molecule has 1 N–H and O–H groups in total. The maximum absolute atomic E-state index is 12.5. The molecule has 0 unspecified atom stereocenters. The highest BCUT2D eigenvalue weighted by atomic mass is 32.2. The van der Waals surface area contributed by atoms with Crippen LogP contribution in [-0.2, 0) is 32.7 Å². The number of ether oxygens (including phenoxy) is 1. The van der Waals surface area contributed by atoms with E-state index in [2.05, 4.69) is 5.32 Å². The molecule has 31 heavy (non-hydrogen) atoms. The summed E-state index contributed by atoms with van der Waals surface area (Å²) in [5, 5.41) is 2.77. The molecule has 0 spiro atoms. The molecule has 1 heterocycles. The first-order valence-electron chi connectivity index (χ1n) is 10.0. The number of benzene rings is 2. The molecule has 0 saturated carbocycles. The van der Waals surface area contributed by atoms with E-state index in [1.807, 2.05) is 29.2 Å². The van der Waals surface area contributed by atoms with Gasteiger partial charge in [0.05, 0.1) is 19.1 Å². The molecule has 1 fully saturated rings. The van der Waals surface area contributed by atoms with Crippen LogP contribution >= 0.6 is 0 Å². The van der Waals surface area contributed by atoms with Gasteiger partial charge in [0.25, 0.3) is 0 Å². The number of amides is 2. The van der Waals surface area contributed by atoms with Crippen molar-refractivity contribution in [1.29, 1.82) is 0 Å². The third kappa shape index (κ3) is 6.21. The van der Waals surface area contributed by atoms with Gasteiger partial charge in [0.1, 0.15) is 12.3 Å². The summed E-state index contributed by atoms with van der Waals surface area (Å²) in [6.45, 7) is 1.24. The van der Waals surface area contributed by atoms with E-state index in [1.54, 1.807) is 24.3 Å². The predicted molar refractivity (Wildman–Crippen MR) is 118 cm³/mol. The number of nitrogens with zero attached hydrogens (tertiary/aromatic N) is 2. The summed E-state index contributed by atoms with van der Waals surface area (Å²) in [6.07, 6.45) is 2.54. The van der Waals surface area contributed by atoms with Crippen LogP contribution in [0.25, 0.3) is 0 Å². The number of anilines is 1. The predicted octanol–water partition coefficient (Wildman–Crippen LogP) is 1.90. The lowest BCUT2D eigenvalue weighted by Crippen LogP contribution is -2.40. The minimum Gasteiger partial charge on any atom is -0.497 e. The molecular formula is C22H27N3O5S. The highest BCUT2D eigenvalue weighted by molar-refractivity contribution is 7.92. The van der Waals surface area contributed by atoms with Crippen LogP contribution < -0.4 is 14.4 Å². The number of methoxy groups -OCH3 is 1. The molecule has 0 aliphatic carbocycles. The molecule has 2 aromatic carbocycles. The summed E-state index contributed by atoms with van der Waals surface area (Å²) >= 11 is 0. The number of hydrogen-bond acceptors (Lipinski definition) is 5. The first kappa shape index (κ1) is 22.6. The monoisotopic (exact) mass is 445 g/mol. The van der Waals surface area contributed by atoms with Crippen molar-refractivity contribution in [3.63, 3.8) is 0 Å². The molecule has 1 saturated heterocycles. The van der Waals surface area contributed by atoms with E-state index in [-0.39, 0.29) is 19.0 Å². The fourth-order valence-corrected chi connectivity index (χ4v) is 4.33. The Morgan fingerprint density at radius 3 is 2.58 bits per heavy atom. The van der Waals surface area contributed by atoms with Crippen LogP contribution in [0, 0.1) is 0 Å². The number of rotatable bonds is 9. The fraction of sp³-hybridized carbons (Fsp3) is 0.364. The molecular weight excluding hydrogens is 418 g/mol. The lowest BCUT2D eigenvalue weighted by Gasteiger charge is -2.22. The number of carbonyl (C=O) groups is 2. The van der Waals surface area contributed by atoms with Crippen LogP contribution in [0.1, 0.15) is 24.0 Å². The fourth-order valence-electron chi connectivity index (χ4n) is 3.48. The standard InChI is InChI=1S/C22H27N3O5S/c1-30-20-9-4-8-19(13-20)25(31(2,28)29)16-21(26)23-14-17-6-3-7-18(12-17)15-24-11-5-10-22(24)27/h3-4,6-9,12-13H,5,10-11,14-16H2,1-2H3,(H,23,26). The van der Waals surface area contributed by atoms with E-state index in [9.17, 15) is 18.0 Å². The van der Waals surface area contributed by atoms with E-state index in [0.717, 1.165) is 34.7 Å². The Bertz CT molecular complexity index is 1050. The topological polar surface area (TPSA) is 96.0 Å². The molecule has 1 aliphatic rings. The highest BCUT2D eigenvalue weighted by Crippen LogP contribution is 2.23. The minimum absolute atomic E-state index is 0.164. The number of nitrogens with one attached hydrogen (secondary N) is 1. The van der Waals surface area contributed by atoms with Gasteiger partial charge in [0, 0.05) is 32.1 Å². The Labute approximate surface area is 182 Å². The van der Waals surface area contributed by atoms with Crippen LogP contribution in [0.2, 0.25) is 0 Å². The van der Waals surface area contributed by atoms with Crippen molar-refractivity contribution in [3.8, 4) is 5.75 Å². The van der Waals surface area contributed by atoms with E-state index < -0.39 is 15.9 Å². The molecule has 0 radical (unpaired) electrons. The summed E-state index contributed by atoms with van der Waals surface area (Å²) < 4.78 is 30.7. The van der Waals surface area contributed by atoms with E-state index >= 15 is 0 Å². The Morgan fingerprint density at radius 2 is 1.90 bits per heavy atom. The van der Waals surface area contributed by atoms with Crippen molar-refractivity contribution in [2.75, 3.05) is 30.8 Å². The van der Waals surface area contributed by atoms with Gasteiger partial charge in [-0.3, -0.25) is 13.9 Å². The zero-order valence-corrected chi connectivity index (χ0v) is 18.5. The zero-order valence-electron chi connectivity index (χ0n) is 17.7. The number of likely N-dealkylation sites (tertiary alicyclic amines) is 1. The van der Waals surface area contributed by atoms with Crippen LogP contribution in [0.4, 0.5) is 5.69 Å². The smallest absolute Gasteiger partial charge is 0.241 e. The van der Waals surface area contributed by atoms with Crippen LogP contribution in [0.15, 0.2) is 48.5 Å². The van der Waals surface area contributed by atoms with Crippen molar-refractivity contribution >= 4 is 27.5 Å². The number of hydrogen-bond donors (Lipinski definition) is 1. The van der Waals surface area contributed by atoms with Gasteiger partial charge in [-0.25, -0.2) is 8.42 Å². The third-order valence-corrected chi connectivity index (χ3v) is 6.20. The van der Waals surface area contributed by atoms with Crippen LogP contribution in [0.3, 0.4) is 0 Å². The van der Waals surface area contributed by atoms with Gasteiger partial charge in [-0.1, -0.05) is 30.3 Å². The van der Waals surface area contributed by atoms with Crippen molar-refractivity contribution in [2.45, 2.75) is 25.9 Å². The molecule has 2 amide bonds. The minimum atomic E-state index is -3.67. The van der Waals surface area contributed by atoms with E-state index in [4.69, 9.17) is 4.74 Å². The van der Waals surface area contributed by atoms with Crippen molar-refractivity contribution in [3.05, 3.63) is 59.7 Å². The van der Waals surface area contributed by atoms with Crippen molar-refractivity contribution < 1.29 is 22.7 Å². The van der Waals surface area contributed by atoms with Crippen molar-refractivity contribution in [1.82, 2.24) is 10.2 Å². The first-order chi connectivity index (χ1) is 14.8. The molecule has 9 heteroatoms. The Hall–Kier alpha value is -3.07. The maximum Gasteiger partial charge on any atom is 0.241 e. The molecule has 2 aromatic rings. The second-order valence-electron chi connectivity index (χ2n) is 7.49.